The van der Waals surface area contributed by atoms with E-state index in [1.54, 1.807) is 7.11 Å². The third kappa shape index (κ3) is 7.94. The molecule has 0 aliphatic carbocycles. The van der Waals surface area contributed by atoms with Gasteiger partial charge in [0.15, 0.2) is 5.96 Å². The second-order valence-corrected chi connectivity index (χ2v) is 6.54. The molecule has 1 aromatic carbocycles. The summed E-state index contributed by atoms with van der Waals surface area (Å²) in [5.74, 6) is 1.97. The number of guanidine groups is 1. The van der Waals surface area contributed by atoms with Crippen molar-refractivity contribution >= 4 is 35.8 Å². The SMILES string of the molecule is CCNC(=NCCCc1cccc(OC)c1)NC1CCN(C(=O)CC)C1.I. The number of hydrogen-bond acceptors (Lipinski definition) is 3. The summed E-state index contributed by atoms with van der Waals surface area (Å²) < 4.78 is 5.26. The summed E-state index contributed by atoms with van der Waals surface area (Å²) in [5, 5.41) is 6.77. The summed E-state index contributed by atoms with van der Waals surface area (Å²) in [6.07, 6.45) is 3.50. The lowest BCUT2D eigenvalue weighted by Gasteiger charge is -2.18. The molecule has 0 bridgehead atoms. The number of ether oxygens (including phenoxy) is 1. The zero-order valence-corrected chi connectivity index (χ0v) is 19.0. The number of halogens is 1. The highest BCUT2D eigenvalue weighted by Crippen LogP contribution is 2.14. The second kappa shape index (κ2) is 12.8. The maximum Gasteiger partial charge on any atom is 0.222 e. The number of nitrogens with one attached hydrogen (secondary N) is 2. The van der Waals surface area contributed by atoms with Crippen molar-refractivity contribution in [2.45, 2.75) is 45.6 Å². The highest BCUT2D eigenvalue weighted by molar-refractivity contribution is 14.0. The van der Waals surface area contributed by atoms with Crippen LogP contribution in [0.1, 0.15) is 38.7 Å². The standard InChI is InChI=1S/C20H32N4O2.HI/c1-4-19(25)24-13-11-17(15-24)23-20(21-5-2)22-12-7-9-16-8-6-10-18(14-16)26-3;/h6,8,10,14,17H,4-5,7,9,11-13,15H2,1-3H3,(H2,21,22,23);1H. The maximum absolute atomic E-state index is 11.8. The second-order valence-electron chi connectivity index (χ2n) is 6.54. The van der Waals surface area contributed by atoms with Gasteiger partial charge in [0.1, 0.15) is 5.75 Å². The largest absolute Gasteiger partial charge is 0.497 e. The van der Waals surface area contributed by atoms with Gasteiger partial charge in [0.05, 0.1) is 7.11 Å². The van der Waals surface area contributed by atoms with Crippen LogP contribution in [0.5, 0.6) is 5.75 Å². The van der Waals surface area contributed by atoms with Crippen LogP contribution < -0.4 is 15.4 Å². The number of aliphatic imine (C=N–C) groups is 1. The summed E-state index contributed by atoms with van der Waals surface area (Å²) in [7, 11) is 1.69. The quantitative estimate of drug-likeness (QED) is 0.256. The molecule has 1 fully saturated rings. The summed E-state index contributed by atoms with van der Waals surface area (Å²) in [6, 6.07) is 8.45. The van der Waals surface area contributed by atoms with Crippen LogP contribution in [0.3, 0.4) is 0 Å². The monoisotopic (exact) mass is 488 g/mol. The number of carbonyl (C=O) groups excluding carboxylic acids is 1. The van der Waals surface area contributed by atoms with E-state index in [4.69, 9.17) is 4.74 Å². The number of carbonyl (C=O) groups is 1. The zero-order chi connectivity index (χ0) is 18.8. The number of amides is 1. The molecule has 1 amide bonds. The minimum absolute atomic E-state index is 0. The first-order valence-corrected chi connectivity index (χ1v) is 9.61. The lowest BCUT2D eigenvalue weighted by atomic mass is 10.1. The Morgan fingerprint density at radius 2 is 2.19 bits per heavy atom. The molecule has 0 aromatic heterocycles. The Morgan fingerprint density at radius 1 is 1.37 bits per heavy atom. The van der Waals surface area contributed by atoms with E-state index in [-0.39, 0.29) is 35.9 Å². The van der Waals surface area contributed by atoms with E-state index in [0.717, 1.165) is 57.2 Å². The van der Waals surface area contributed by atoms with Crippen molar-refractivity contribution in [3.8, 4) is 5.75 Å². The number of likely N-dealkylation sites (tertiary alicyclic amines) is 1. The Balaban J connectivity index is 0.00000364. The van der Waals surface area contributed by atoms with Crippen molar-refractivity contribution in [2.75, 3.05) is 33.3 Å². The molecule has 1 saturated heterocycles. The van der Waals surface area contributed by atoms with Crippen LogP contribution in [0, 0.1) is 0 Å². The number of aryl methyl sites for hydroxylation is 1. The van der Waals surface area contributed by atoms with E-state index in [1.165, 1.54) is 5.56 Å². The van der Waals surface area contributed by atoms with Crippen molar-refractivity contribution in [3.63, 3.8) is 0 Å². The van der Waals surface area contributed by atoms with Gasteiger partial charge in [-0.1, -0.05) is 19.1 Å². The number of methoxy groups -OCH3 is 1. The van der Waals surface area contributed by atoms with Gasteiger partial charge >= 0.3 is 0 Å². The molecule has 1 aliphatic heterocycles. The van der Waals surface area contributed by atoms with E-state index in [1.807, 2.05) is 24.0 Å². The van der Waals surface area contributed by atoms with Crippen LogP contribution in [0.4, 0.5) is 0 Å². The smallest absolute Gasteiger partial charge is 0.222 e. The average molecular weight is 488 g/mol. The predicted octanol–water partition coefficient (Wildman–Crippen LogP) is 2.81. The molecule has 6 nitrogen and oxygen atoms in total. The number of benzene rings is 1. The van der Waals surface area contributed by atoms with E-state index in [9.17, 15) is 4.79 Å². The van der Waals surface area contributed by atoms with Gasteiger partial charge in [-0.25, -0.2) is 0 Å². The molecule has 27 heavy (non-hydrogen) atoms. The average Bonchev–Trinajstić information content (AvgIpc) is 3.13. The first kappa shape index (κ1) is 23.5. The van der Waals surface area contributed by atoms with Crippen LogP contribution in [0.15, 0.2) is 29.3 Å². The number of nitrogens with zero attached hydrogens (tertiary/aromatic N) is 2. The van der Waals surface area contributed by atoms with Gasteiger partial charge < -0.3 is 20.3 Å². The summed E-state index contributed by atoms with van der Waals surface area (Å²) in [6.45, 7) is 7.16. The predicted molar refractivity (Wildman–Crippen MR) is 121 cm³/mol. The normalized spacial score (nSPS) is 16.6. The lowest BCUT2D eigenvalue weighted by molar-refractivity contribution is -0.129. The van der Waals surface area contributed by atoms with Gasteiger partial charge in [0.2, 0.25) is 5.91 Å². The highest BCUT2D eigenvalue weighted by atomic mass is 127. The topological polar surface area (TPSA) is 66.0 Å². The first-order chi connectivity index (χ1) is 12.7. The fourth-order valence-corrected chi connectivity index (χ4v) is 3.14. The molecular formula is C20H33IN4O2. The lowest BCUT2D eigenvalue weighted by Crippen LogP contribution is -2.45. The van der Waals surface area contributed by atoms with Crippen LogP contribution in [0.2, 0.25) is 0 Å². The van der Waals surface area contributed by atoms with E-state index < -0.39 is 0 Å². The fraction of sp³-hybridized carbons (Fsp3) is 0.600. The molecule has 0 radical (unpaired) electrons. The van der Waals surface area contributed by atoms with Gasteiger partial charge in [-0.15, -0.1) is 24.0 Å². The van der Waals surface area contributed by atoms with Crippen molar-refractivity contribution in [1.29, 1.82) is 0 Å². The van der Waals surface area contributed by atoms with Gasteiger partial charge in [-0.05, 0) is 43.9 Å². The minimum atomic E-state index is 0. The van der Waals surface area contributed by atoms with Crippen LogP contribution >= 0.6 is 24.0 Å². The van der Waals surface area contributed by atoms with Crippen molar-refractivity contribution in [1.82, 2.24) is 15.5 Å². The molecule has 1 aliphatic rings. The Morgan fingerprint density at radius 3 is 2.89 bits per heavy atom. The zero-order valence-electron chi connectivity index (χ0n) is 16.7. The van der Waals surface area contributed by atoms with Gasteiger partial charge in [0, 0.05) is 38.6 Å². The van der Waals surface area contributed by atoms with Crippen LogP contribution in [0.25, 0.3) is 0 Å². The van der Waals surface area contributed by atoms with E-state index in [0.29, 0.717) is 6.42 Å². The third-order valence-corrected chi connectivity index (χ3v) is 4.56. The number of rotatable bonds is 8. The van der Waals surface area contributed by atoms with E-state index in [2.05, 4.69) is 34.7 Å². The first-order valence-electron chi connectivity index (χ1n) is 9.61. The molecule has 152 valence electrons. The maximum atomic E-state index is 11.8. The molecule has 2 N–H and O–H groups in total. The Labute approximate surface area is 180 Å². The van der Waals surface area contributed by atoms with E-state index >= 15 is 0 Å². The Bertz CT molecular complexity index is 609. The van der Waals surface area contributed by atoms with Gasteiger partial charge in [-0.2, -0.15) is 0 Å². The van der Waals surface area contributed by atoms with Crippen LogP contribution in [-0.2, 0) is 11.2 Å². The van der Waals surface area contributed by atoms with Crippen LogP contribution in [-0.4, -0.2) is 56.1 Å². The minimum Gasteiger partial charge on any atom is -0.497 e. The Kier molecular flexibility index (Phi) is 11.2. The highest BCUT2D eigenvalue weighted by Gasteiger charge is 2.25. The van der Waals surface area contributed by atoms with Crippen molar-refractivity contribution in [2.24, 2.45) is 4.99 Å². The van der Waals surface area contributed by atoms with Gasteiger partial charge in [-0.3, -0.25) is 9.79 Å². The molecule has 1 aromatic rings. The van der Waals surface area contributed by atoms with Crippen molar-refractivity contribution < 1.29 is 9.53 Å². The van der Waals surface area contributed by atoms with Crippen molar-refractivity contribution in [3.05, 3.63) is 29.8 Å². The molecule has 1 heterocycles. The van der Waals surface area contributed by atoms with Gasteiger partial charge in [0.25, 0.3) is 0 Å². The molecule has 7 heteroatoms. The molecule has 2 rings (SSSR count). The summed E-state index contributed by atoms with van der Waals surface area (Å²) in [4.78, 5) is 18.4. The summed E-state index contributed by atoms with van der Waals surface area (Å²) in [5.41, 5.74) is 1.27. The molecule has 0 spiro atoms. The fourth-order valence-electron chi connectivity index (χ4n) is 3.14. The molecule has 1 unspecified atom stereocenters. The molecular weight excluding hydrogens is 455 g/mol. The molecule has 1 atom stereocenters. The Hall–Kier alpha value is -1.51. The molecule has 0 saturated carbocycles. The number of hydrogen-bond donors (Lipinski definition) is 2. The summed E-state index contributed by atoms with van der Waals surface area (Å²) >= 11 is 0. The third-order valence-electron chi connectivity index (χ3n) is 4.56.